The van der Waals surface area contributed by atoms with Crippen LogP contribution in [0.3, 0.4) is 0 Å². The average Bonchev–Trinajstić information content (AvgIpc) is 2.83. The number of anilines is 1. The van der Waals surface area contributed by atoms with E-state index in [2.05, 4.69) is 16.4 Å². The molecule has 1 atom stereocenters. The lowest BCUT2D eigenvalue weighted by Crippen LogP contribution is -2.28. The van der Waals surface area contributed by atoms with Gasteiger partial charge in [0.15, 0.2) is 0 Å². The third-order valence-corrected chi connectivity index (χ3v) is 5.15. The van der Waals surface area contributed by atoms with Gasteiger partial charge in [-0.2, -0.15) is 5.26 Å². The summed E-state index contributed by atoms with van der Waals surface area (Å²) >= 11 is 0. The van der Waals surface area contributed by atoms with E-state index in [4.69, 9.17) is 25.4 Å². The van der Waals surface area contributed by atoms with E-state index >= 15 is 0 Å². The zero-order chi connectivity index (χ0) is 27.0. The molecule has 1 aromatic heterocycles. The smallest absolute Gasteiger partial charge is 0.328 e. The number of carbonyl (C=O) groups is 3. The Bertz CT molecular complexity index is 1280. The van der Waals surface area contributed by atoms with E-state index in [0.717, 1.165) is 16.8 Å². The van der Waals surface area contributed by atoms with E-state index in [9.17, 15) is 19.6 Å². The summed E-state index contributed by atoms with van der Waals surface area (Å²) in [4.78, 5) is 35.9. The first-order valence-corrected chi connectivity index (χ1v) is 10.7. The second-order valence-corrected chi connectivity index (χ2v) is 7.51. The molecule has 1 aliphatic rings. The summed E-state index contributed by atoms with van der Waals surface area (Å²) in [6, 6.07) is 7.22. The Morgan fingerprint density at radius 2 is 1.86 bits per heavy atom. The van der Waals surface area contributed by atoms with Gasteiger partial charge >= 0.3 is 11.9 Å². The van der Waals surface area contributed by atoms with Gasteiger partial charge in [0.05, 0.1) is 42.5 Å². The van der Waals surface area contributed by atoms with Gasteiger partial charge in [-0.3, -0.25) is 4.79 Å². The molecule has 0 saturated heterocycles. The summed E-state index contributed by atoms with van der Waals surface area (Å²) in [5, 5.41) is 28.1. The molecule has 2 aromatic rings. The highest BCUT2D eigenvalue weighted by molar-refractivity contribution is 5.98. The number of aliphatic carboxylic acids is 2. The van der Waals surface area contributed by atoms with E-state index in [-0.39, 0.29) is 0 Å². The van der Waals surface area contributed by atoms with Crippen LogP contribution < -0.4 is 20.5 Å². The highest BCUT2D eigenvalue weighted by Gasteiger charge is 2.36. The van der Waals surface area contributed by atoms with Crippen molar-refractivity contribution in [1.82, 2.24) is 4.98 Å². The second-order valence-electron chi connectivity index (χ2n) is 7.51. The fourth-order valence-corrected chi connectivity index (χ4v) is 3.71. The summed E-state index contributed by atoms with van der Waals surface area (Å²) < 4.78 is 11.3. The van der Waals surface area contributed by atoms with Crippen molar-refractivity contribution in [2.45, 2.75) is 26.7 Å². The number of amides is 1. The number of methoxy groups -OCH3 is 1. The quantitative estimate of drug-likeness (QED) is 0.417. The number of carbonyl (C=O) groups excluding carboxylic acids is 1. The molecule has 0 aliphatic carbocycles. The molecule has 0 bridgehead atoms. The van der Waals surface area contributed by atoms with Crippen molar-refractivity contribution in [1.29, 1.82) is 5.26 Å². The molecule has 36 heavy (non-hydrogen) atoms. The molecule has 0 fully saturated rings. The van der Waals surface area contributed by atoms with Gasteiger partial charge in [0.1, 0.15) is 5.75 Å². The van der Waals surface area contributed by atoms with Crippen LogP contribution in [0, 0.1) is 18.3 Å². The Labute approximate surface area is 207 Å². The number of hydrogen-bond acceptors (Lipinski definition) is 8. The van der Waals surface area contributed by atoms with Crippen LogP contribution in [0.2, 0.25) is 0 Å². The van der Waals surface area contributed by atoms with Crippen LogP contribution in [0.25, 0.3) is 0 Å². The van der Waals surface area contributed by atoms with Gasteiger partial charge in [-0.1, -0.05) is 6.07 Å². The van der Waals surface area contributed by atoms with Crippen LogP contribution in [0.15, 0.2) is 47.8 Å². The maximum absolute atomic E-state index is 12.4. The molecule has 1 amide bonds. The first-order valence-electron chi connectivity index (χ1n) is 10.7. The van der Waals surface area contributed by atoms with Crippen molar-refractivity contribution >= 4 is 23.5 Å². The number of carboxylic acid groups (broad SMARTS) is 2. The van der Waals surface area contributed by atoms with E-state index in [0.29, 0.717) is 52.8 Å². The lowest BCUT2D eigenvalue weighted by molar-refractivity contribution is -0.134. The number of primary amides is 1. The zero-order valence-corrected chi connectivity index (χ0v) is 20.2. The van der Waals surface area contributed by atoms with Gasteiger partial charge in [0.25, 0.3) is 0 Å². The fraction of sp³-hybridized carbons (Fsp3) is 0.240. The molecule has 0 spiro atoms. The zero-order valence-electron chi connectivity index (χ0n) is 20.2. The molecule has 0 unspecified atom stereocenters. The van der Waals surface area contributed by atoms with E-state index in [1.807, 2.05) is 20.8 Å². The molecule has 11 heteroatoms. The van der Waals surface area contributed by atoms with Crippen molar-refractivity contribution in [3.05, 3.63) is 70.1 Å². The number of aromatic nitrogens is 1. The summed E-state index contributed by atoms with van der Waals surface area (Å²) in [6.07, 6.45) is 2.84. The number of nitrogens with two attached hydrogens (primary N) is 1. The SMILES string of the molecule is CCOc1ncc(C)c2c1[C@H](c1ccc(C#N)cc1OC)C(C(N)=O)=C(C)N2.O=C(O)/C=C/C(=O)O. The Kier molecular flexibility index (Phi) is 9.15. The van der Waals surface area contributed by atoms with Crippen LogP contribution >= 0.6 is 0 Å². The van der Waals surface area contributed by atoms with Crippen LogP contribution in [-0.4, -0.2) is 46.8 Å². The summed E-state index contributed by atoms with van der Waals surface area (Å²) in [5.74, 6) is -2.67. The molecular formula is C25H26N4O7. The molecule has 1 aliphatic heterocycles. The molecule has 11 nitrogen and oxygen atoms in total. The number of nitriles is 1. The standard InChI is InChI=1S/C21H22N4O3.C4H4O4/c1-5-28-21-18-17(14-7-6-13(9-22)8-15(14)27-4)16(20(23)26)12(3)25-19(18)11(2)10-24-21;5-3(6)1-2-4(7)8/h6-8,10,17,25H,5H2,1-4H3,(H2,23,26);1-2H,(H,5,6)(H,7,8)/b;2-1+/t17-;/m1./s1. The molecule has 0 saturated carbocycles. The Hall–Kier alpha value is -4.85. The van der Waals surface area contributed by atoms with Gasteiger partial charge in [-0.15, -0.1) is 0 Å². The molecule has 1 aromatic carbocycles. The van der Waals surface area contributed by atoms with E-state index in [1.54, 1.807) is 24.4 Å². The average molecular weight is 495 g/mol. The van der Waals surface area contributed by atoms with Crippen LogP contribution in [0.4, 0.5) is 5.69 Å². The predicted molar refractivity (Wildman–Crippen MR) is 130 cm³/mol. The number of nitrogens with zero attached hydrogens (tertiary/aromatic N) is 2. The lowest BCUT2D eigenvalue weighted by atomic mass is 9.79. The monoisotopic (exact) mass is 494 g/mol. The van der Waals surface area contributed by atoms with Crippen molar-refractivity contribution in [2.75, 3.05) is 19.0 Å². The molecule has 5 N–H and O–H groups in total. The normalized spacial score (nSPS) is 14.0. The molecule has 3 rings (SSSR count). The van der Waals surface area contributed by atoms with Crippen molar-refractivity contribution < 1.29 is 34.1 Å². The third-order valence-electron chi connectivity index (χ3n) is 5.15. The molecule has 0 radical (unpaired) electrons. The predicted octanol–water partition coefficient (Wildman–Crippen LogP) is 2.70. The van der Waals surface area contributed by atoms with E-state index in [1.165, 1.54) is 7.11 Å². The highest BCUT2D eigenvalue weighted by Crippen LogP contribution is 2.48. The number of ether oxygens (including phenoxy) is 2. The molecule has 2 heterocycles. The summed E-state index contributed by atoms with van der Waals surface area (Å²) in [7, 11) is 1.53. The largest absolute Gasteiger partial charge is 0.496 e. The number of aryl methyl sites for hydroxylation is 1. The Morgan fingerprint density at radius 1 is 1.22 bits per heavy atom. The minimum atomic E-state index is -1.26. The number of rotatable bonds is 7. The summed E-state index contributed by atoms with van der Waals surface area (Å²) in [6.45, 7) is 6.04. The fourth-order valence-electron chi connectivity index (χ4n) is 3.71. The molecule has 188 valence electrons. The Balaban J connectivity index is 0.000000493. The topological polar surface area (TPSA) is 185 Å². The number of carboxylic acids is 2. The lowest BCUT2D eigenvalue weighted by Gasteiger charge is -2.32. The van der Waals surface area contributed by atoms with Gasteiger partial charge < -0.3 is 30.7 Å². The number of benzene rings is 1. The van der Waals surface area contributed by atoms with Gasteiger partial charge in [0.2, 0.25) is 11.8 Å². The third kappa shape index (κ3) is 6.18. The van der Waals surface area contributed by atoms with Gasteiger partial charge in [-0.25, -0.2) is 14.6 Å². The summed E-state index contributed by atoms with van der Waals surface area (Å²) in [5.41, 5.74) is 10.5. The van der Waals surface area contributed by atoms with E-state index < -0.39 is 23.8 Å². The van der Waals surface area contributed by atoms with Crippen molar-refractivity contribution in [3.8, 4) is 17.7 Å². The van der Waals surface area contributed by atoms with Gasteiger partial charge in [0, 0.05) is 35.2 Å². The maximum atomic E-state index is 12.4. The van der Waals surface area contributed by atoms with Gasteiger partial charge in [-0.05, 0) is 38.5 Å². The number of hydrogen-bond donors (Lipinski definition) is 4. The molecular weight excluding hydrogens is 468 g/mol. The highest BCUT2D eigenvalue weighted by atomic mass is 16.5. The second kappa shape index (κ2) is 12.0. The number of allylic oxidation sites excluding steroid dienone is 1. The van der Waals surface area contributed by atoms with Crippen LogP contribution in [-0.2, 0) is 14.4 Å². The van der Waals surface area contributed by atoms with Crippen molar-refractivity contribution in [3.63, 3.8) is 0 Å². The van der Waals surface area contributed by atoms with Crippen LogP contribution in [0.5, 0.6) is 11.6 Å². The van der Waals surface area contributed by atoms with Crippen LogP contribution in [0.1, 0.15) is 42.0 Å². The minimum Gasteiger partial charge on any atom is -0.496 e. The Morgan fingerprint density at radius 3 is 2.36 bits per heavy atom. The number of pyridine rings is 1. The maximum Gasteiger partial charge on any atom is 0.328 e. The number of nitrogens with one attached hydrogen (secondary N) is 1. The first kappa shape index (κ1) is 27.4. The first-order chi connectivity index (χ1) is 17.0. The minimum absolute atomic E-state index is 0.406. The van der Waals surface area contributed by atoms with Crippen molar-refractivity contribution in [2.24, 2.45) is 5.73 Å². The number of fused-ring (bicyclic) bond motifs is 1.